The molecule has 0 aliphatic rings. The fourth-order valence-corrected chi connectivity index (χ4v) is 4.00. The zero-order chi connectivity index (χ0) is 16.8. The summed E-state index contributed by atoms with van der Waals surface area (Å²) in [6.07, 6.45) is 1.78. The molecule has 0 atom stereocenters. The van der Waals surface area contributed by atoms with Crippen LogP contribution < -0.4 is 0 Å². The first kappa shape index (κ1) is 14.6. The maximum atomic E-state index is 5.99. The smallest absolute Gasteiger partial charge is 0.173 e. The molecule has 0 unspecified atom stereocenters. The first-order valence-electron chi connectivity index (χ1n) is 7.73. The van der Waals surface area contributed by atoms with E-state index in [2.05, 4.69) is 32.7 Å². The molecular weight excluding hydrogens is 352 g/mol. The predicted octanol–water partition coefficient (Wildman–Crippen LogP) is 5.33. The van der Waals surface area contributed by atoms with Crippen LogP contribution in [0.1, 0.15) is 0 Å². The van der Waals surface area contributed by atoms with Crippen LogP contribution in [-0.4, -0.2) is 19.6 Å². The van der Waals surface area contributed by atoms with E-state index in [0.29, 0.717) is 5.02 Å². The van der Waals surface area contributed by atoms with Gasteiger partial charge in [0, 0.05) is 21.5 Å². The zero-order valence-electron chi connectivity index (χ0n) is 12.9. The van der Waals surface area contributed by atoms with E-state index in [1.54, 1.807) is 17.7 Å². The number of fused-ring (bicyclic) bond motifs is 3. The number of hydrogen-bond donors (Lipinski definition) is 0. The Morgan fingerprint density at radius 3 is 2.48 bits per heavy atom. The zero-order valence-corrected chi connectivity index (χ0v) is 14.5. The summed E-state index contributed by atoms with van der Waals surface area (Å²) in [5.41, 5.74) is 4.05. The maximum absolute atomic E-state index is 5.99. The highest BCUT2D eigenvalue weighted by Gasteiger charge is 2.16. The van der Waals surface area contributed by atoms with Gasteiger partial charge in [0.15, 0.2) is 11.5 Å². The Kier molecular flexibility index (Phi) is 3.29. The third-order valence-corrected chi connectivity index (χ3v) is 5.31. The number of hydrogen-bond acceptors (Lipinski definition) is 4. The van der Waals surface area contributed by atoms with Gasteiger partial charge in [0.2, 0.25) is 0 Å². The van der Waals surface area contributed by atoms with Gasteiger partial charge in [-0.05, 0) is 29.8 Å². The van der Waals surface area contributed by atoms with Crippen LogP contribution >= 0.6 is 22.9 Å². The van der Waals surface area contributed by atoms with E-state index in [1.807, 2.05) is 46.9 Å². The van der Waals surface area contributed by atoms with Crippen LogP contribution in [0.5, 0.6) is 0 Å². The molecule has 120 valence electrons. The number of benzene rings is 2. The molecule has 6 heteroatoms. The molecule has 0 N–H and O–H groups in total. The van der Waals surface area contributed by atoms with Crippen LogP contribution in [0.15, 0.2) is 66.3 Å². The van der Waals surface area contributed by atoms with E-state index in [1.165, 1.54) is 0 Å². The lowest BCUT2D eigenvalue weighted by molar-refractivity contribution is 1.09. The topological polar surface area (TPSA) is 43.1 Å². The SMILES string of the molecule is Clc1ccc(-c2nnc3c4c(-c5ccccc5)csc4ncn23)cc1. The first-order valence-corrected chi connectivity index (χ1v) is 8.99. The van der Waals surface area contributed by atoms with Crippen LogP contribution in [0.3, 0.4) is 0 Å². The average Bonchev–Trinajstić information content (AvgIpc) is 3.27. The van der Waals surface area contributed by atoms with Gasteiger partial charge in [0.05, 0.1) is 5.39 Å². The summed E-state index contributed by atoms with van der Waals surface area (Å²) in [4.78, 5) is 5.57. The summed E-state index contributed by atoms with van der Waals surface area (Å²) in [7, 11) is 0. The minimum Gasteiger partial charge on any atom is -0.265 e. The monoisotopic (exact) mass is 362 g/mol. The van der Waals surface area contributed by atoms with Crippen molar-refractivity contribution >= 4 is 38.8 Å². The van der Waals surface area contributed by atoms with E-state index >= 15 is 0 Å². The van der Waals surface area contributed by atoms with Crippen LogP contribution in [0.4, 0.5) is 0 Å². The number of thiophene rings is 1. The Balaban J connectivity index is 1.79. The van der Waals surface area contributed by atoms with E-state index in [-0.39, 0.29) is 0 Å². The lowest BCUT2D eigenvalue weighted by Crippen LogP contribution is -1.91. The van der Waals surface area contributed by atoms with Gasteiger partial charge in [-0.2, -0.15) is 0 Å². The van der Waals surface area contributed by atoms with Crippen molar-refractivity contribution in [2.75, 3.05) is 0 Å². The molecular formula is C19H11ClN4S. The second-order valence-electron chi connectivity index (χ2n) is 5.66. The summed E-state index contributed by atoms with van der Waals surface area (Å²) in [5, 5.41) is 12.7. The highest BCUT2D eigenvalue weighted by atomic mass is 35.5. The van der Waals surface area contributed by atoms with Crippen LogP contribution in [0, 0.1) is 0 Å². The van der Waals surface area contributed by atoms with Crippen molar-refractivity contribution in [2.45, 2.75) is 0 Å². The molecule has 0 fully saturated rings. The normalized spacial score (nSPS) is 11.4. The number of halogens is 1. The van der Waals surface area contributed by atoms with Crippen LogP contribution in [0.25, 0.3) is 38.4 Å². The number of aromatic nitrogens is 4. The molecule has 5 aromatic rings. The van der Waals surface area contributed by atoms with Gasteiger partial charge < -0.3 is 0 Å². The van der Waals surface area contributed by atoms with Gasteiger partial charge in [0.1, 0.15) is 11.2 Å². The predicted molar refractivity (Wildman–Crippen MR) is 102 cm³/mol. The Morgan fingerprint density at radius 1 is 0.880 bits per heavy atom. The Labute approximate surface area is 152 Å². The fourth-order valence-electron chi connectivity index (χ4n) is 2.97. The van der Waals surface area contributed by atoms with Crippen molar-refractivity contribution in [3.63, 3.8) is 0 Å². The lowest BCUT2D eigenvalue weighted by atomic mass is 10.1. The molecule has 5 rings (SSSR count). The molecule has 0 bridgehead atoms. The lowest BCUT2D eigenvalue weighted by Gasteiger charge is -2.02. The molecule has 0 saturated carbocycles. The van der Waals surface area contributed by atoms with Crippen LogP contribution in [0.2, 0.25) is 5.02 Å². The van der Waals surface area contributed by atoms with Gasteiger partial charge in [-0.1, -0.05) is 41.9 Å². The second-order valence-corrected chi connectivity index (χ2v) is 6.96. The van der Waals surface area contributed by atoms with Crippen molar-refractivity contribution in [1.82, 2.24) is 19.6 Å². The molecule has 2 aromatic carbocycles. The molecule has 0 aliphatic carbocycles. The third kappa shape index (κ3) is 2.32. The number of rotatable bonds is 2. The van der Waals surface area contributed by atoms with Crippen LogP contribution in [-0.2, 0) is 0 Å². The molecule has 0 radical (unpaired) electrons. The second kappa shape index (κ2) is 5.65. The summed E-state index contributed by atoms with van der Waals surface area (Å²) >= 11 is 7.61. The van der Waals surface area contributed by atoms with Gasteiger partial charge in [0.25, 0.3) is 0 Å². The van der Waals surface area contributed by atoms with E-state index in [0.717, 1.165) is 38.4 Å². The summed E-state index contributed by atoms with van der Waals surface area (Å²) in [6, 6.07) is 17.9. The van der Waals surface area contributed by atoms with Gasteiger partial charge in [-0.3, -0.25) is 4.40 Å². The van der Waals surface area contributed by atoms with Crippen molar-refractivity contribution in [2.24, 2.45) is 0 Å². The molecule has 0 amide bonds. The minimum atomic E-state index is 0.697. The first-order chi connectivity index (χ1) is 12.3. The largest absolute Gasteiger partial charge is 0.265 e. The quantitative estimate of drug-likeness (QED) is 0.426. The van der Waals surface area contributed by atoms with E-state index in [4.69, 9.17) is 11.6 Å². The summed E-state index contributed by atoms with van der Waals surface area (Å²) < 4.78 is 1.94. The van der Waals surface area contributed by atoms with Gasteiger partial charge >= 0.3 is 0 Å². The summed E-state index contributed by atoms with van der Waals surface area (Å²) in [6.45, 7) is 0. The molecule has 0 spiro atoms. The van der Waals surface area contributed by atoms with Crippen molar-refractivity contribution in [3.05, 3.63) is 71.3 Å². The van der Waals surface area contributed by atoms with E-state index < -0.39 is 0 Å². The van der Waals surface area contributed by atoms with Crippen molar-refractivity contribution in [1.29, 1.82) is 0 Å². The minimum absolute atomic E-state index is 0.697. The average molecular weight is 363 g/mol. The van der Waals surface area contributed by atoms with Gasteiger partial charge in [-0.15, -0.1) is 21.5 Å². The van der Waals surface area contributed by atoms with Crippen molar-refractivity contribution < 1.29 is 0 Å². The standard InChI is InChI=1S/C19H11ClN4S/c20-14-8-6-13(7-9-14)17-22-23-18-16-15(12-4-2-1-3-5-12)10-25-19(16)21-11-24(17)18/h1-11H. The molecule has 3 aromatic heterocycles. The number of nitrogens with zero attached hydrogens (tertiary/aromatic N) is 4. The van der Waals surface area contributed by atoms with Gasteiger partial charge in [-0.25, -0.2) is 4.98 Å². The third-order valence-electron chi connectivity index (χ3n) is 4.17. The molecule has 0 saturated heterocycles. The molecule has 25 heavy (non-hydrogen) atoms. The highest BCUT2D eigenvalue weighted by molar-refractivity contribution is 7.17. The maximum Gasteiger partial charge on any atom is 0.173 e. The molecule has 3 heterocycles. The van der Waals surface area contributed by atoms with Crippen molar-refractivity contribution in [3.8, 4) is 22.5 Å². The Bertz CT molecular complexity index is 1190. The molecule has 4 nitrogen and oxygen atoms in total. The fraction of sp³-hybridized carbons (Fsp3) is 0. The van der Waals surface area contributed by atoms with E-state index in [9.17, 15) is 0 Å². The Morgan fingerprint density at radius 2 is 1.68 bits per heavy atom. The highest BCUT2D eigenvalue weighted by Crippen LogP contribution is 2.35. The summed E-state index contributed by atoms with van der Waals surface area (Å²) in [5.74, 6) is 0.756. The Hall–Kier alpha value is -2.76. The molecule has 0 aliphatic heterocycles.